The molecular formula is C12H18N2O2. The Labute approximate surface area is 95.8 Å². The maximum atomic E-state index is 11.9. The lowest BCUT2D eigenvalue weighted by Crippen LogP contribution is -2.41. The van der Waals surface area contributed by atoms with Gasteiger partial charge in [-0.1, -0.05) is 0 Å². The Hall–Kier alpha value is -1.42. The summed E-state index contributed by atoms with van der Waals surface area (Å²) in [4.78, 5) is 15.9. The number of ketones is 1. The molecule has 1 heterocycles. The van der Waals surface area contributed by atoms with Crippen molar-refractivity contribution in [3.63, 3.8) is 0 Å². The molecule has 0 aliphatic rings. The number of carbonyl (C=O) groups excluding carboxylic acids is 1. The number of rotatable bonds is 4. The summed E-state index contributed by atoms with van der Waals surface area (Å²) >= 11 is 0. The quantitative estimate of drug-likeness (QED) is 0.789. The first-order valence-electron chi connectivity index (χ1n) is 5.26. The average Bonchev–Trinajstić information content (AvgIpc) is 2.14. The third-order valence-corrected chi connectivity index (χ3v) is 1.93. The molecule has 4 heteroatoms. The molecule has 0 aliphatic heterocycles. The average molecular weight is 222 g/mol. The first-order valence-corrected chi connectivity index (χ1v) is 5.26. The Morgan fingerprint density at radius 2 is 2.06 bits per heavy atom. The van der Waals surface area contributed by atoms with Crippen LogP contribution in [0.1, 0.15) is 38.1 Å². The van der Waals surface area contributed by atoms with Crippen molar-refractivity contribution >= 4 is 5.78 Å². The van der Waals surface area contributed by atoms with E-state index in [-0.39, 0.29) is 11.9 Å². The number of Topliss-reactive ketones (excluding diaryl/α,β-unsaturated/α-hetero) is 1. The van der Waals surface area contributed by atoms with Gasteiger partial charge in [0.15, 0.2) is 5.78 Å². The number of pyridine rings is 1. The van der Waals surface area contributed by atoms with Gasteiger partial charge in [0, 0.05) is 11.8 Å². The number of aromatic nitrogens is 1. The number of hydrogen-bond donors (Lipinski definition) is 1. The van der Waals surface area contributed by atoms with Crippen LogP contribution in [0.25, 0.3) is 0 Å². The third-order valence-electron chi connectivity index (χ3n) is 1.93. The molecule has 0 atom stereocenters. The molecule has 88 valence electrons. The highest BCUT2D eigenvalue weighted by molar-refractivity contribution is 6.02. The zero-order valence-corrected chi connectivity index (χ0v) is 10.2. The van der Waals surface area contributed by atoms with E-state index in [1.54, 1.807) is 26.1 Å². The minimum absolute atomic E-state index is 0.0537. The molecule has 0 radical (unpaired) electrons. The van der Waals surface area contributed by atoms with Crippen LogP contribution in [-0.2, 0) is 0 Å². The van der Waals surface area contributed by atoms with Crippen LogP contribution < -0.4 is 10.5 Å². The van der Waals surface area contributed by atoms with Crippen molar-refractivity contribution in [2.75, 3.05) is 0 Å². The fourth-order valence-electron chi connectivity index (χ4n) is 1.25. The van der Waals surface area contributed by atoms with Gasteiger partial charge in [-0.2, -0.15) is 0 Å². The van der Waals surface area contributed by atoms with Crippen molar-refractivity contribution in [3.8, 4) is 5.75 Å². The van der Waals surface area contributed by atoms with E-state index >= 15 is 0 Å². The van der Waals surface area contributed by atoms with Gasteiger partial charge < -0.3 is 10.5 Å². The number of nitrogens with two attached hydrogens (primary N) is 1. The topological polar surface area (TPSA) is 65.2 Å². The highest BCUT2D eigenvalue weighted by Crippen LogP contribution is 2.16. The summed E-state index contributed by atoms with van der Waals surface area (Å²) in [6.45, 7) is 7.18. The summed E-state index contributed by atoms with van der Waals surface area (Å²) in [5.41, 5.74) is 5.33. The molecule has 0 bridgehead atoms. The lowest BCUT2D eigenvalue weighted by Gasteiger charge is -2.17. The minimum atomic E-state index is -0.891. The molecular weight excluding hydrogens is 204 g/mol. The summed E-state index contributed by atoms with van der Waals surface area (Å²) in [5, 5.41) is 0. The van der Waals surface area contributed by atoms with E-state index < -0.39 is 5.54 Å². The van der Waals surface area contributed by atoms with Crippen LogP contribution in [-0.4, -0.2) is 22.4 Å². The third kappa shape index (κ3) is 3.31. The van der Waals surface area contributed by atoms with Crippen LogP contribution in [0.2, 0.25) is 0 Å². The predicted molar refractivity (Wildman–Crippen MR) is 62.6 cm³/mol. The van der Waals surface area contributed by atoms with Gasteiger partial charge in [-0.3, -0.25) is 9.78 Å². The van der Waals surface area contributed by atoms with E-state index in [0.29, 0.717) is 11.3 Å². The summed E-state index contributed by atoms with van der Waals surface area (Å²) in [6.07, 6.45) is 3.14. The SMILES string of the molecule is CC(C)Oc1cncc(C(=O)C(C)(C)N)c1. The Kier molecular flexibility index (Phi) is 3.65. The molecule has 1 rings (SSSR count). The second-order valence-electron chi connectivity index (χ2n) is 4.63. The van der Waals surface area contributed by atoms with Crippen molar-refractivity contribution in [3.05, 3.63) is 24.0 Å². The first-order chi connectivity index (χ1) is 7.30. The number of ether oxygens (including phenoxy) is 1. The smallest absolute Gasteiger partial charge is 0.183 e. The molecule has 0 aromatic carbocycles. The zero-order valence-electron chi connectivity index (χ0n) is 10.2. The van der Waals surface area contributed by atoms with Crippen molar-refractivity contribution < 1.29 is 9.53 Å². The van der Waals surface area contributed by atoms with Crippen LogP contribution in [0.4, 0.5) is 0 Å². The monoisotopic (exact) mass is 222 g/mol. The summed E-state index contributed by atoms with van der Waals surface area (Å²) in [7, 11) is 0. The molecule has 1 aromatic rings. The van der Waals surface area contributed by atoms with Gasteiger partial charge in [-0.25, -0.2) is 0 Å². The summed E-state index contributed by atoms with van der Waals surface area (Å²) in [6, 6.07) is 1.67. The highest BCUT2D eigenvalue weighted by atomic mass is 16.5. The van der Waals surface area contributed by atoms with Gasteiger partial charge in [0.25, 0.3) is 0 Å². The molecule has 0 saturated carbocycles. The van der Waals surface area contributed by atoms with E-state index in [4.69, 9.17) is 10.5 Å². The molecule has 0 aliphatic carbocycles. The van der Waals surface area contributed by atoms with E-state index in [1.165, 1.54) is 6.20 Å². The maximum Gasteiger partial charge on any atom is 0.183 e. The largest absolute Gasteiger partial charge is 0.489 e. The molecule has 0 spiro atoms. The van der Waals surface area contributed by atoms with Gasteiger partial charge >= 0.3 is 0 Å². The zero-order chi connectivity index (χ0) is 12.3. The maximum absolute atomic E-state index is 11.9. The standard InChI is InChI=1S/C12H18N2O2/c1-8(2)16-10-5-9(6-14-7-10)11(15)12(3,4)13/h5-8H,13H2,1-4H3. The van der Waals surface area contributed by atoms with Gasteiger partial charge in [0.1, 0.15) is 5.75 Å². The van der Waals surface area contributed by atoms with E-state index in [1.807, 2.05) is 13.8 Å². The predicted octanol–water partition coefficient (Wildman–Crippen LogP) is 1.79. The Morgan fingerprint density at radius 3 is 2.56 bits per heavy atom. The van der Waals surface area contributed by atoms with Crippen molar-refractivity contribution in [2.24, 2.45) is 5.73 Å². The summed E-state index contributed by atoms with van der Waals surface area (Å²) < 4.78 is 5.46. The Morgan fingerprint density at radius 1 is 1.44 bits per heavy atom. The fraction of sp³-hybridized carbons (Fsp3) is 0.500. The highest BCUT2D eigenvalue weighted by Gasteiger charge is 2.24. The van der Waals surface area contributed by atoms with Crippen LogP contribution in [0, 0.1) is 0 Å². The molecule has 1 aromatic heterocycles. The number of hydrogen-bond acceptors (Lipinski definition) is 4. The second kappa shape index (κ2) is 4.61. The molecule has 0 fully saturated rings. The fourth-order valence-corrected chi connectivity index (χ4v) is 1.25. The normalized spacial score (nSPS) is 11.6. The first kappa shape index (κ1) is 12.6. The minimum Gasteiger partial charge on any atom is -0.489 e. The van der Waals surface area contributed by atoms with Gasteiger partial charge in [0.2, 0.25) is 0 Å². The van der Waals surface area contributed by atoms with Crippen LogP contribution in [0.3, 0.4) is 0 Å². The molecule has 0 amide bonds. The molecule has 0 unspecified atom stereocenters. The molecule has 4 nitrogen and oxygen atoms in total. The molecule has 2 N–H and O–H groups in total. The molecule has 16 heavy (non-hydrogen) atoms. The Bertz CT molecular complexity index is 381. The van der Waals surface area contributed by atoms with Crippen LogP contribution in [0.15, 0.2) is 18.5 Å². The summed E-state index contributed by atoms with van der Waals surface area (Å²) in [5.74, 6) is 0.444. The Balaban J connectivity index is 2.95. The van der Waals surface area contributed by atoms with Gasteiger partial charge in [-0.15, -0.1) is 0 Å². The lowest BCUT2D eigenvalue weighted by atomic mass is 9.95. The van der Waals surface area contributed by atoms with Crippen molar-refractivity contribution in [2.45, 2.75) is 39.3 Å². The van der Waals surface area contributed by atoms with E-state index in [0.717, 1.165) is 0 Å². The van der Waals surface area contributed by atoms with Gasteiger partial charge in [-0.05, 0) is 33.8 Å². The van der Waals surface area contributed by atoms with E-state index in [2.05, 4.69) is 4.98 Å². The molecule has 0 saturated heterocycles. The number of nitrogens with zero attached hydrogens (tertiary/aromatic N) is 1. The van der Waals surface area contributed by atoms with Gasteiger partial charge in [0.05, 0.1) is 17.8 Å². The second-order valence-corrected chi connectivity index (χ2v) is 4.63. The number of carbonyl (C=O) groups is 1. The van der Waals surface area contributed by atoms with Crippen molar-refractivity contribution in [1.29, 1.82) is 0 Å². The lowest BCUT2D eigenvalue weighted by molar-refractivity contribution is 0.0912. The van der Waals surface area contributed by atoms with Crippen LogP contribution >= 0.6 is 0 Å². The van der Waals surface area contributed by atoms with Crippen LogP contribution in [0.5, 0.6) is 5.75 Å². The van der Waals surface area contributed by atoms with Crippen molar-refractivity contribution in [1.82, 2.24) is 4.98 Å². The van der Waals surface area contributed by atoms with E-state index in [9.17, 15) is 4.79 Å².